The monoisotopic (exact) mass is 413 g/mol. The van der Waals surface area contributed by atoms with Crippen molar-refractivity contribution in [1.29, 1.82) is 0 Å². The quantitative estimate of drug-likeness (QED) is 0.644. The number of carbonyl (C=O) groups is 2. The van der Waals surface area contributed by atoms with Crippen molar-refractivity contribution in [2.75, 3.05) is 11.9 Å². The minimum Gasteiger partial charge on any atom is -0.490 e. The lowest BCUT2D eigenvalue weighted by molar-refractivity contribution is -0.123. The van der Waals surface area contributed by atoms with Gasteiger partial charge < -0.3 is 19.5 Å². The highest BCUT2D eigenvalue weighted by Gasteiger charge is 2.21. The van der Waals surface area contributed by atoms with Crippen molar-refractivity contribution in [2.45, 2.75) is 26.6 Å². The average Bonchev–Trinajstić information content (AvgIpc) is 2.64. The summed E-state index contributed by atoms with van der Waals surface area (Å²) in [7, 11) is 0. The van der Waals surface area contributed by atoms with E-state index >= 15 is 0 Å². The highest BCUT2D eigenvalue weighted by Crippen LogP contribution is 2.30. The lowest BCUT2D eigenvalue weighted by Crippen LogP contribution is -2.30. The van der Waals surface area contributed by atoms with Gasteiger partial charge in [-0.25, -0.2) is 4.79 Å². The number of hydrogen-bond acceptors (Lipinski definition) is 5. The lowest BCUT2D eigenvalue weighted by Gasteiger charge is -2.15. The smallest absolute Gasteiger partial charge is 0.387 e. The summed E-state index contributed by atoms with van der Waals surface area (Å²) in [6.07, 6.45) is -1.10. The molecule has 9 heteroatoms. The van der Waals surface area contributed by atoms with Gasteiger partial charge in [0.15, 0.2) is 17.6 Å². The van der Waals surface area contributed by atoms with Crippen LogP contribution in [0.2, 0.25) is 5.02 Å². The van der Waals surface area contributed by atoms with E-state index in [0.29, 0.717) is 10.7 Å². The molecule has 150 valence electrons. The molecule has 0 saturated heterocycles. The van der Waals surface area contributed by atoms with Gasteiger partial charge in [-0.05, 0) is 56.3 Å². The molecule has 2 rings (SSSR count). The molecule has 2 aromatic rings. The van der Waals surface area contributed by atoms with Gasteiger partial charge in [0.25, 0.3) is 5.91 Å². The van der Waals surface area contributed by atoms with E-state index in [2.05, 4.69) is 10.1 Å². The maximum atomic E-state index is 12.4. The van der Waals surface area contributed by atoms with Crippen LogP contribution in [0.4, 0.5) is 14.5 Å². The summed E-state index contributed by atoms with van der Waals surface area (Å²) >= 11 is 5.78. The molecule has 0 bridgehead atoms. The van der Waals surface area contributed by atoms with Gasteiger partial charge in [-0.2, -0.15) is 8.78 Å². The third-order valence-electron chi connectivity index (χ3n) is 3.46. The van der Waals surface area contributed by atoms with E-state index in [-0.39, 0.29) is 23.7 Å². The number of carbonyl (C=O) groups excluding carboxylic acids is 2. The number of amides is 1. The van der Waals surface area contributed by atoms with Crippen molar-refractivity contribution in [3.05, 3.63) is 53.1 Å². The van der Waals surface area contributed by atoms with Crippen LogP contribution in [0.3, 0.4) is 0 Å². The topological polar surface area (TPSA) is 73.9 Å². The number of anilines is 1. The summed E-state index contributed by atoms with van der Waals surface area (Å²) in [6.45, 7) is 0.202. The molecule has 0 unspecified atom stereocenters. The number of rotatable bonds is 8. The maximum Gasteiger partial charge on any atom is 0.387 e. The van der Waals surface area contributed by atoms with Gasteiger partial charge in [-0.15, -0.1) is 0 Å². The normalized spacial score (nSPS) is 11.6. The van der Waals surface area contributed by atoms with E-state index in [1.807, 2.05) is 0 Å². The number of alkyl halides is 2. The first-order chi connectivity index (χ1) is 13.3. The van der Waals surface area contributed by atoms with Crippen molar-refractivity contribution in [3.63, 3.8) is 0 Å². The van der Waals surface area contributed by atoms with E-state index in [1.54, 1.807) is 31.2 Å². The summed E-state index contributed by atoms with van der Waals surface area (Å²) in [6, 6.07) is 10.0. The molecule has 1 amide bonds. The van der Waals surface area contributed by atoms with Crippen LogP contribution in [0.1, 0.15) is 24.2 Å². The van der Waals surface area contributed by atoms with E-state index in [4.69, 9.17) is 21.1 Å². The van der Waals surface area contributed by atoms with Gasteiger partial charge in [-0.3, -0.25) is 4.79 Å². The highest BCUT2D eigenvalue weighted by molar-refractivity contribution is 6.30. The van der Waals surface area contributed by atoms with Crippen molar-refractivity contribution >= 4 is 29.2 Å². The molecule has 0 fully saturated rings. The molecule has 0 saturated carbocycles. The van der Waals surface area contributed by atoms with Crippen LogP contribution < -0.4 is 14.8 Å². The summed E-state index contributed by atoms with van der Waals surface area (Å²) in [4.78, 5) is 24.4. The Morgan fingerprint density at radius 2 is 1.79 bits per heavy atom. The van der Waals surface area contributed by atoms with Crippen LogP contribution in [0.5, 0.6) is 11.5 Å². The first kappa shape index (κ1) is 21.4. The average molecular weight is 414 g/mol. The number of halogens is 3. The highest BCUT2D eigenvalue weighted by atomic mass is 35.5. The Morgan fingerprint density at radius 1 is 1.11 bits per heavy atom. The first-order valence-corrected chi connectivity index (χ1v) is 8.67. The molecular formula is C19H18ClF2NO5. The minimum atomic E-state index is -3.03. The van der Waals surface area contributed by atoms with Crippen molar-refractivity contribution in [2.24, 2.45) is 0 Å². The Labute approximate surface area is 165 Å². The predicted octanol–water partition coefficient (Wildman–Crippen LogP) is 4.52. The van der Waals surface area contributed by atoms with Gasteiger partial charge in [0.1, 0.15) is 0 Å². The Hall–Kier alpha value is -2.87. The van der Waals surface area contributed by atoms with Crippen molar-refractivity contribution in [1.82, 2.24) is 0 Å². The second-order valence-corrected chi connectivity index (χ2v) is 5.95. The zero-order chi connectivity index (χ0) is 20.7. The number of hydrogen-bond donors (Lipinski definition) is 1. The number of nitrogens with one attached hydrogen (secondary N) is 1. The molecular weight excluding hydrogens is 396 g/mol. The van der Waals surface area contributed by atoms with Crippen LogP contribution in [0, 0.1) is 0 Å². The van der Waals surface area contributed by atoms with E-state index in [0.717, 1.165) is 0 Å². The van der Waals surface area contributed by atoms with Crippen molar-refractivity contribution in [3.8, 4) is 11.5 Å². The van der Waals surface area contributed by atoms with Gasteiger partial charge in [0.05, 0.1) is 12.2 Å². The van der Waals surface area contributed by atoms with E-state index < -0.39 is 24.6 Å². The lowest BCUT2D eigenvalue weighted by atomic mass is 10.2. The molecule has 0 heterocycles. The fourth-order valence-electron chi connectivity index (χ4n) is 2.16. The van der Waals surface area contributed by atoms with Crippen LogP contribution in [0.25, 0.3) is 0 Å². The molecule has 1 N–H and O–H groups in total. The Bertz CT molecular complexity index is 830. The van der Waals surface area contributed by atoms with Crippen molar-refractivity contribution < 1.29 is 32.6 Å². The number of esters is 1. The Morgan fingerprint density at radius 3 is 2.39 bits per heavy atom. The molecule has 0 aliphatic rings. The molecule has 2 aromatic carbocycles. The number of benzene rings is 2. The third kappa shape index (κ3) is 6.09. The second kappa shape index (κ2) is 9.89. The zero-order valence-electron chi connectivity index (χ0n) is 15.1. The molecule has 0 aromatic heterocycles. The van der Waals surface area contributed by atoms with E-state index in [9.17, 15) is 18.4 Å². The van der Waals surface area contributed by atoms with Gasteiger partial charge in [0, 0.05) is 10.7 Å². The third-order valence-corrected chi connectivity index (χ3v) is 3.71. The molecule has 0 radical (unpaired) electrons. The summed E-state index contributed by atoms with van der Waals surface area (Å²) in [5.74, 6) is -1.60. The fraction of sp³-hybridized carbons (Fsp3) is 0.263. The number of ether oxygens (including phenoxy) is 3. The molecule has 1 atom stereocenters. The molecule has 28 heavy (non-hydrogen) atoms. The largest absolute Gasteiger partial charge is 0.490 e. The standard InChI is InChI=1S/C19H18ClF2NO5/c1-3-26-16-10-12(4-9-15(16)28-19(21)22)18(25)27-11(2)17(24)23-14-7-5-13(20)6-8-14/h4-11,19H,3H2,1-2H3,(H,23,24)/t11-/m1/s1. The van der Waals surface area contributed by atoms with Gasteiger partial charge in [0.2, 0.25) is 0 Å². The second-order valence-electron chi connectivity index (χ2n) is 5.52. The van der Waals surface area contributed by atoms with E-state index in [1.165, 1.54) is 25.1 Å². The van der Waals surface area contributed by atoms with Crippen LogP contribution in [-0.4, -0.2) is 31.2 Å². The van der Waals surface area contributed by atoms with Crippen LogP contribution in [-0.2, 0) is 9.53 Å². The zero-order valence-corrected chi connectivity index (χ0v) is 15.8. The predicted molar refractivity (Wildman–Crippen MR) is 99.2 cm³/mol. The van der Waals surface area contributed by atoms with Crippen LogP contribution >= 0.6 is 11.6 Å². The van der Waals surface area contributed by atoms with Crippen LogP contribution in [0.15, 0.2) is 42.5 Å². The SMILES string of the molecule is CCOc1cc(C(=O)O[C@H](C)C(=O)Nc2ccc(Cl)cc2)ccc1OC(F)F. The minimum absolute atomic E-state index is 0.0243. The Balaban J connectivity index is 2.05. The Kier molecular flexibility index (Phi) is 7.57. The van der Waals surface area contributed by atoms with Gasteiger partial charge >= 0.3 is 12.6 Å². The molecule has 6 nitrogen and oxygen atoms in total. The molecule has 0 spiro atoms. The summed E-state index contributed by atoms with van der Waals surface area (Å²) in [5, 5.41) is 3.10. The molecule has 0 aliphatic heterocycles. The summed E-state index contributed by atoms with van der Waals surface area (Å²) in [5.41, 5.74) is 0.514. The molecule has 0 aliphatic carbocycles. The first-order valence-electron chi connectivity index (χ1n) is 8.29. The van der Waals surface area contributed by atoms with Gasteiger partial charge in [-0.1, -0.05) is 11.6 Å². The summed E-state index contributed by atoms with van der Waals surface area (Å²) < 4.78 is 39.6. The maximum absolute atomic E-state index is 12.4. The fourth-order valence-corrected chi connectivity index (χ4v) is 2.28.